The van der Waals surface area contributed by atoms with Crippen LogP contribution in [-0.4, -0.2) is 43.5 Å². The Morgan fingerprint density at radius 3 is 3.00 bits per heavy atom. The van der Waals surface area contributed by atoms with Crippen molar-refractivity contribution < 1.29 is 14.7 Å². The fourth-order valence-corrected chi connectivity index (χ4v) is 1.91. The SMILES string of the molecule is CCCSCC(=O)NCc1cn(CC(=O)O)nn1. The molecular weight excluding hydrogens is 256 g/mol. The first-order chi connectivity index (χ1) is 8.61. The first kappa shape index (κ1) is 14.5. The molecule has 0 radical (unpaired) electrons. The van der Waals surface area contributed by atoms with E-state index in [0.717, 1.165) is 12.2 Å². The zero-order chi connectivity index (χ0) is 13.4. The first-order valence-corrected chi connectivity index (χ1v) is 6.72. The molecule has 0 unspecified atom stereocenters. The van der Waals surface area contributed by atoms with Crippen LogP contribution < -0.4 is 5.32 Å². The summed E-state index contributed by atoms with van der Waals surface area (Å²) in [6, 6.07) is 0. The van der Waals surface area contributed by atoms with Crippen molar-refractivity contribution in [3.05, 3.63) is 11.9 Å². The molecule has 0 aliphatic carbocycles. The van der Waals surface area contributed by atoms with E-state index in [-0.39, 0.29) is 19.0 Å². The number of aliphatic carboxylic acids is 1. The molecule has 1 aromatic rings. The van der Waals surface area contributed by atoms with Crippen LogP contribution in [0.3, 0.4) is 0 Å². The molecule has 2 N–H and O–H groups in total. The number of carbonyl (C=O) groups is 2. The molecule has 0 atom stereocenters. The molecule has 0 bridgehead atoms. The minimum Gasteiger partial charge on any atom is -0.480 e. The summed E-state index contributed by atoms with van der Waals surface area (Å²) in [6.45, 7) is 2.10. The second-order valence-corrected chi connectivity index (χ2v) is 4.74. The maximum Gasteiger partial charge on any atom is 0.325 e. The molecule has 0 spiro atoms. The number of carboxylic acids is 1. The predicted octanol–water partition coefficient (Wildman–Crippen LogP) is 0.122. The summed E-state index contributed by atoms with van der Waals surface area (Å²) < 4.78 is 1.22. The van der Waals surface area contributed by atoms with Crippen LogP contribution in [0, 0.1) is 0 Å². The summed E-state index contributed by atoms with van der Waals surface area (Å²) in [5, 5.41) is 18.7. The van der Waals surface area contributed by atoms with Crippen LogP contribution in [0.5, 0.6) is 0 Å². The molecule has 8 heteroatoms. The molecule has 0 aliphatic heterocycles. The molecule has 0 aromatic carbocycles. The summed E-state index contributed by atoms with van der Waals surface area (Å²) in [5.41, 5.74) is 0.546. The van der Waals surface area contributed by atoms with E-state index in [2.05, 4.69) is 22.6 Å². The molecule has 1 heterocycles. The lowest BCUT2D eigenvalue weighted by atomic mass is 10.4. The van der Waals surface area contributed by atoms with E-state index < -0.39 is 5.97 Å². The van der Waals surface area contributed by atoms with E-state index in [1.807, 2.05) is 0 Å². The average Bonchev–Trinajstić information content (AvgIpc) is 2.73. The highest BCUT2D eigenvalue weighted by Gasteiger charge is 2.06. The number of nitrogens with zero attached hydrogens (tertiary/aromatic N) is 3. The Balaban J connectivity index is 2.28. The van der Waals surface area contributed by atoms with Crippen LogP contribution in [0.1, 0.15) is 19.0 Å². The van der Waals surface area contributed by atoms with Crippen molar-refractivity contribution in [3.8, 4) is 0 Å². The number of carbonyl (C=O) groups excluding carboxylic acids is 1. The summed E-state index contributed by atoms with van der Waals surface area (Å²) in [6.07, 6.45) is 2.55. The summed E-state index contributed by atoms with van der Waals surface area (Å²) in [4.78, 5) is 21.8. The van der Waals surface area contributed by atoms with Crippen molar-refractivity contribution in [1.82, 2.24) is 20.3 Å². The van der Waals surface area contributed by atoms with Gasteiger partial charge in [0.1, 0.15) is 12.2 Å². The second-order valence-electron chi connectivity index (χ2n) is 3.63. The number of rotatable bonds is 8. The molecule has 18 heavy (non-hydrogen) atoms. The second kappa shape index (κ2) is 7.70. The highest BCUT2D eigenvalue weighted by atomic mass is 32.2. The maximum absolute atomic E-state index is 11.4. The van der Waals surface area contributed by atoms with E-state index in [9.17, 15) is 9.59 Å². The number of carboxylic acid groups (broad SMARTS) is 1. The van der Waals surface area contributed by atoms with Crippen molar-refractivity contribution >= 4 is 23.6 Å². The van der Waals surface area contributed by atoms with Gasteiger partial charge in [0.15, 0.2) is 0 Å². The van der Waals surface area contributed by atoms with Gasteiger partial charge in [-0.05, 0) is 12.2 Å². The van der Waals surface area contributed by atoms with Gasteiger partial charge in [-0.2, -0.15) is 11.8 Å². The van der Waals surface area contributed by atoms with Crippen LogP contribution >= 0.6 is 11.8 Å². The number of thioether (sulfide) groups is 1. The van der Waals surface area contributed by atoms with Crippen LogP contribution in [0.4, 0.5) is 0 Å². The van der Waals surface area contributed by atoms with Crippen molar-refractivity contribution in [1.29, 1.82) is 0 Å². The Morgan fingerprint density at radius 2 is 2.33 bits per heavy atom. The monoisotopic (exact) mass is 272 g/mol. The topological polar surface area (TPSA) is 97.1 Å². The third-order valence-electron chi connectivity index (χ3n) is 1.93. The van der Waals surface area contributed by atoms with Gasteiger partial charge in [-0.3, -0.25) is 9.59 Å². The Hall–Kier alpha value is -1.57. The summed E-state index contributed by atoms with van der Waals surface area (Å²) in [5.74, 6) is 0.354. The lowest BCUT2D eigenvalue weighted by molar-refractivity contribution is -0.137. The zero-order valence-corrected chi connectivity index (χ0v) is 10.9. The molecule has 0 saturated carbocycles. The molecule has 1 rings (SSSR count). The summed E-state index contributed by atoms with van der Waals surface area (Å²) >= 11 is 1.58. The van der Waals surface area contributed by atoms with Gasteiger partial charge in [0.2, 0.25) is 5.91 Å². The quantitative estimate of drug-likeness (QED) is 0.652. The zero-order valence-electron chi connectivity index (χ0n) is 10.1. The molecule has 0 aliphatic rings. The van der Waals surface area contributed by atoms with Gasteiger partial charge in [0.05, 0.1) is 18.5 Å². The van der Waals surface area contributed by atoms with Crippen molar-refractivity contribution in [2.24, 2.45) is 0 Å². The van der Waals surface area contributed by atoms with Gasteiger partial charge >= 0.3 is 5.97 Å². The standard InChI is InChI=1S/C10H16N4O3S/c1-2-3-18-7-9(15)11-4-8-5-14(13-12-8)6-10(16)17/h5H,2-4,6-7H2,1H3,(H,11,15)(H,16,17). The first-order valence-electron chi connectivity index (χ1n) is 5.57. The molecule has 7 nitrogen and oxygen atoms in total. The summed E-state index contributed by atoms with van der Waals surface area (Å²) in [7, 11) is 0. The van der Waals surface area contributed by atoms with E-state index in [1.54, 1.807) is 11.8 Å². The fourth-order valence-electron chi connectivity index (χ4n) is 1.18. The largest absolute Gasteiger partial charge is 0.480 e. The lowest BCUT2D eigenvalue weighted by Gasteiger charge is -2.01. The number of amides is 1. The van der Waals surface area contributed by atoms with E-state index in [1.165, 1.54) is 10.9 Å². The molecule has 1 amide bonds. The molecule has 100 valence electrons. The van der Waals surface area contributed by atoms with E-state index >= 15 is 0 Å². The minimum atomic E-state index is -0.980. The van der Waals surface area contributed by atoms with Gasteiger partial charge in [-0.15, -0.1) is 5.10 Å². The van der Waals surface area contributed by atoms with Crippen LogP contribution in [0.2, 0.25) is 0 Å². The van der Waals surface area contributed by atoms with Gasteiger partial charge in [-0.25, -0.2) is 4.68 Å². The third-order valence-corrected chi connectivity index (χ3v) is 3.09. The average molecular weight is 272 g/mol. The molecular formula is C10H16N4O3S. The smallest absolute Gasteiger partial charge is 0.325 e. The van der Waals surface area contributed by atoms with Crippen molar-refractivity contribution in [3.63, 3.8) is 0 Å². The predicted molar refractivity (Wildman–Crippen MR) is 67.1 cm³/mol. The van der Waals surface area contributed by atoms with Crippen molar-refractivity contribution in [2.45, 2.75) is 26.4 Å². The fraction of sp³-hybridized carbons (Fsp3) is 0.600. The lowest BCUT2D eigenvalue weighted by Crippen LogP contribution is -2.24. The van der Waals surface area contributed by atoms with Gasteiger partial charge in [0.25, 0.3) is 0 Å². The maximum atomic E-state index is 11.4. The number of aromatic nitrogens is 3. The number of hydrogen-bond acceptors (Lipinski definition) is 5. The number of nitrogens with one attached hydrogen (secondary N) is 1. The minimum absolute atomic E-state index is 0.0544. The van der Waals surface area contributed by atoms with Gasteiger partial charge in [0, 0.05) is 0 Å². The highest BCUT2D eigenvalue weighted by Crippen LogP contribution is 2.01. The Morgan fingerprint density at radius 1 is 1.56 bits per heavy atom. The Labute approximate surface area is 109 Å². The van der Waals surface area contributed by atoms with Gasteiger partial charge in [-0.1, -0.05) is 12.1 Å². The van der Waals surface area contributed by atoms with Crippen LogP contribution in [-0.2, 0) is 22.7 Å². The highest BCUT2D eigenvalue weighted by molar-refractivity contribution is 7.99. The third kappa shape index (κ3) is 5.67. The molecule has 0 fully saturated rings. The Bertz CT molecular complexity index is 408. The molecule has 0 saturated heterocycles. The van der Waals surface area contributed by atoms with Crippen LogP contribution in [0.25, 0.3) is 0 Å². The van der Waals surface area contributed by atoms with E-state index in [0.29, 0.717) is 11.4 Å². The molecule has 1 aromatic heterocycles. The Kier molecular flexibility index (Phi) is 6.20. The van der Waals surface area contributed by atoms with E-state index in [4.69, 9.17) is 5.11 Å². The normalized spacial score (nSPS) is 10.3. The number of hydrogen-bond donors (Lipinski definition) is 2. The van der Waals surface area contributed by atoms with Gasteiger partial charge < -0.3 is 10.4 Å². The van der Waals surface area contributed by atoms with Crippen LogP contribution in [0.15, 0.2) is 6.20 Å². The van der Waals surface area contributed by atoms with Crippen molar-refractivity contribution in [2.75, 3.05) is 11.5 Å².